The third-order valence-electron chi connectivity index (χ3n) is 2.41. The highest BCUT2D eigenvalue weighted by molar-refractivity contribution is 5.93. The van der Waals surface area contributed by atoms with Gasteiger partial charge in [0.25, 0.3) is 0 Å². The van der Waals surface area contributed by atoms with E-state index in [-0.39, 0.29) is 0 Å². The Morgan fingerprint density at radius 3 is 2.20 bits per heavy atom. The predicted molar refractivity (Wildman–Crippen MR) is 45.1 cm³/mol. The van der Waals surface area contributed by atoms with Gasteiger partial charge >= 0.3 is 6.18 Å². The monoisotopic (exact) mass is 222 g/mol. The van der Waals surface area contributed by atoms with Gasteiger partial charge in [0.1, 0.15) is 0 Å². The van der Waals surface area contributed by atoms with Crippen molar-refractivity contribution in [3.8, 4) is 0 Å². The molecule has 1 aliphatic rings. The van der Waals surface area contributed by atoms with Crippen molar-refractivity contribution in [3.63, 3.8) is 0 Å². The molecule has 0 bridgehead atoms. The van der Waals surface area contributed by atoms with Gasteiger partial charge in [0.15, 0.2) is 0 Å². The van der Waals surface area contributed by atoms with Crippen LogP contribution in [0.1, 0.15) is 32.1 Å². The van der Waals surface area contributed by atoms with E-state index in [1.807, 2.05) is 0 Å². The fourth-order valence-corrected chi connectivity index (χ4v) is 1.60. The van der Waals surface area contributed by atoms with E-state index in [0.717, 1.165) is 19.3 Å². The maximum absolute atomic E-state index is 11.8. The molecule has 1 rings (SSSR count). The van der Waals surface area contributed by atoms with E-state index < -0.39 is 23.9 Å². The molecule has 1 fully saturated rings. The summed E-state index contributed by atoms with van der Waals surface area (Å²) in [5.74, 6) is -3.71. The second kappa shape index (κ2) is 4.63. The number of rotatable bonds is 1. The van der Waals surface area contributed by atoms with E-state index in [2.05, 4.69) is 4.99 Å². The van der Waals surface area contributed by atoms with Crippen molar-refractivity contribution in [1.82, 2.24) is 0 Å². The minimum Gasteiger partial charge on any atom is -0.855 e. The normalized spacial score (nSPS) is 20.3. The van der Waals surface area contributed by atoms with Crippen molar-refractivity contribution in [2.45, 2.75) is 38.3 Å². The van der Waals surface area contributed by atoms with Crippen molar-refractivity contribution in [2.75, 3.05) is 0 Å². The van der Waals surface area contributed by atoms with Gasteiger partial charge in [0.2, 0.25) is 5.91 Å². The lowest BCUT2D eigenvalue weighted by atomic mass is 9.89. The van der Waals surface area contributed by atoms with Crippen molar-refractivity contribution >= 4 is 11.8 Å². The summed E-state index contributed by atoms with van der Waals surface area (Å²) in [6, 6.07) is 0. The van der Waals surface area contributed by atoms with Crippen LogP contribution in [0.15, 0.2) is 4.99 Å². The molecular weight excluding hydrogens is 211 g/mol. The topological polar surface area (TPSA) is 52.5 Å². The Kier molecular flexibility index (Phi) is 3.71. The van der Waals surface area contributed by atoms with Crippen molar-refractivity contribution in [3.05, 3.63) is 0 Å². The number of hydrogen-bond donors (Lipinski definition) is 0. The quantitative estimate of drug-likeness (QED) is 0.497. The molecule has 1 aliphatic carbocycles. The number of amides is 1. The van der Waals surface area contributed by atoms with Gasteiger partial charge in [-0.25, -0.2) is 4.99 Å². The van der Waals surface area contributed by atoms with Crippen molar-refractivity contribution < 1.29 is 23.1 Å². The maximum Gasteiger partial charge on any atom is 0.419 e. The number of halogens is 3. The molecule has 0 aromatic heterocycles. The molecule has 0 aliphatic heterocycles. The van der Waals surface area contributed by atoms with Crippen LogP contribution in [0.25, 0.3) is 0 Å². The molecule has 0 N–H and O–H groups in total. The van der Waals surface area contributed by atoms with Gasteiger partial charge in [-0.1, -0.05) is 19.3 Å². The average Bonchev–Trinajstić information content (AvgIpc) is 2.17. The lowest BCUT2D eigenvalue weighted by molar-refractivity contribution is -0.262. The van der Waals surface area contributed by atoms with Crippen LogP contribution in [-0.4, -0.2) is 18.0 Å². The van der Waals surface area contributed by atoms with Gasteiger partial charge in [0.05, 0.1) is 5.90 Å². The van der Waals surface area contributed by atoms with Gasteiger partial charge in [0, 0.05) is 5.92 Å². The van der Waals surface area contributed by atoms with Gasteiger partial charge in [-0.3, -0.25) is 4.79 Å². The first-order valence-electron chi connectivity index (χ1n) is 4.78. The van der Waals surface area contributed by atoms with Crippen molar-refractivity contribution in [2.24, 2.45) is 10.9 Å². The largest absolute Gasteiger partial charge is 0.855 e. The number of hydrogen-bond acceptors (Lipinski definition) is 2. The molecule has 0 saturated heterocycles. The smallest absolute Gasteiger partial charge is 0.419 e. The van der Waals surface area contributed by atoms with E-state index in [0.29, 0.717) is 12.8 Å². The maximum atomic E-state index is 11.8. The first kappa shape index (κ1) is 12.0. The van der Waals surface area contributed by atoms with Gasteiger partial charge in [-0.2, -0.15) is 13.2 Å². The standard InChI is InChI=1S/C9H12F3NO2/c10-9(11,12)8(15)13-7(14)6-4-2-1-3-5-6/h6H,1-5H2,(H,13,14,15)/p-1. The molecule has 0 unspecified atom stereocenters. The highest BCUT2D eigenvalue weighted by Gasteiger charge is 2.30. The third-order valence-corrected chi connectivity index (χ3v) is 2.41. The summed E-state index contributed by atoms with van der Waals surface area (Å²) >= 11 is 0. The molecule has 0 spiro atoms. The Bertz CT molecular complexity index is 267. The first-order valence-corrected chi connectivity index (χ1v) is 4.78. The van der Waals surface area contributed by atoms with Gasteiger partial charge in [-0.05, 0) is 12.8 Å². The molecule has 0 atom stereocenters. The molecule has 86 valence electrons. The summed E-state index contributed by atoms with van der Waals surface area (Å²) < 4.78 is 35.3. The van der Waals surface area contributed by atoms with Crippen LogP contribution in [0.5, 0.6) is 0 Å². The number of carbonyl (C=O) groups excluding carboxylic acids is 1. The Hall–Kier alpha value is -1.07. The fourth-order valence-electron chi connectivity index (χ4n) is 1.60. The van der Waals surface area contributed by atoms with E-state index in [1.54, 1.807) is 0 Å². The Morgan fingerprint density at radius 2 is 1.73 bits per heavy atom. The molecule has 0 radical (unpaired) electrons. The van der Waals surface area contributed by atoms with Crippen LogP contribution in [0, 0.1) is 5.92 Å². The van der Waals surface area contributed by atoms with Crippen LogP contribution in [0.4, 0.5) is 13.2 Å². The molecule has 0 aromatic carbocycles. The van der Waals surface area contributed by atoms with Gasteiger partial charge < -0.3 is 5.11 Å². The number of aliphatic imine (C=N–C) groups is 1. The Balaban J connectivity index is 2.60. The van der Waals surface area contributed by atoms with E-state index in [4.69, 9.17) is 0 Å². The van der Waals surface area contributed by atoms with Crippen molar-refractivity contribution in [1.29, 1.82) is 0 Å². The Labute approximate surface area is 85.0 Å². The zero-order valence-electron chi connectivity index (χ0n) is 8.01. The summed E-state index contributed by atoms with van der Waals surface area (Å²) in [7, 11) is 0. The molecule has 15 heavy (non-hydrogen) atoms. The molecule has 0 heterocycles. The summed E-state index contributed by atoms with van der Waals surface area (Å²) in [6.45, 7) is 0. The summed E-state index contributed by atoms with van der Waals surface area (Å²) in [6.07, 6.45) is -1.36. The second-order valence-corrected chi connectivity index (χ2v) is 3.59. The lowest BCUT2D eigenvalue weighted by Gasteiger charge is -2.20. The summed E-state index contributed by atoms with van der Waals surface area (Å²) in [5, 5.41) is 10.4. The average molecular weight is 222 g/mol. The molecular formula is C9H11F3NO2-. The number of carbonyl (C=O) groups is 1. The zero-order chi connectivity index (χ0) is 11.5. The minimum atomic E-state index is -5.04. The molecule has 1 saturated carbocycles. The fraction of sp³-hybridized carbons (Fsp3) is 0.778. The molecule has 6 heteroatoms. The molecule has 0 aromatic rings. The summed E-state index contributed by atoms with van der Waals surface area (Å²) in [5.41, 5.74) is 0. The predicted octanol–water partition coefficient (Wildman–Crippen LogP) is 1.41. The van der Waals surface area contributed by atoms with E-state index in [9.17, 15) is 23.1 Å². The number of nitrogens with zero attached hydrogens (tertiary/aromatic N) is 1. The van der Waals surface area contributed by atoms with E-state index in [1.165, 1.54) is 0 Å². The van der Waals surface area contributed by atoms with Crippen LogP contribution in [-0.2, 0) is 4.79 Å². The second-order valence-electron chi connectivity index (χ2n) is 3.59. The van der Waals surface area contributed by atoms with Crippen LogP contribution in [0.3, 0.4) is 0 Å². The van der Waals surface area contributed by atoms with E-state index >= 15 is 0 Å². The van der Waals surface area contributed by atoms with Gasteiger partial charge in [-0.15, -0.1) is 0 Å². The van der Waals surface area contributed by atoms with Crippen LogP contribution in [0.2, 0.25) is 0 Å². The molecule has 1 amide bonds. The molecule has 3 nitrogen and oxygen atoms in total. The third kappa shape index (κ3) is 3.53. The summed E-state index contributed by atoms with van der Waals surface area (Å²) in [4.78, 5) is 13.7. The highest BCUT2D eigenvalue weighted by atomic mass is 19.4. The SMILES string of the molecule is O=C(N=C([O-])C(F)(F)F)C1CCCCC1. The Morgan fingerprint density at radius 1 is 1.20 bits per heavy atom. The lowest BCUT2D eigenvalue weighted by Crippen LogP contribution is -2.36. The number of alkyl halides is 3. The van der Waals surface area contributed by atoms with Crippen LogP contribution < -0.4 is 5.11 Å². The highest BCUT2D eigenvalue weighted by Crippen LogP contribution is 2.25. The first-order chi connectivity index (χ1) is 6.91. The van der Waals surface area contributed by atoms with Crippen LogP contribution >= 0.6 is 0 Å². The zero-order valence-corrected chi connectivity index (χ0v) is 8.01. The minimum absolute atomic E-state index is 0.495.